The van der Waals surface area contributed by atoms with Crippen molar-refractivity contribution in [2.24, 2.45) is 0 Å². The molecule has 2 amide bonds. The number of amides is 2. The summed E-state index contributed by atoms with van der Waals surface area (Å²) in [5, 5.41) is 2.98. The number of nitrogens with zero attached hydrogens (tertiary/aromatic N) is 1. The van der Waals surface area contributed by atoms with E-state index < -0.39 is 0 Å². The fourth-order valence-electron chi connectivity index (χ4n) is 2.96. The molecular formula is C22H26N2O3. The summed E-state index contributed by atoms with van der Waals surface area (Å²) < 4.78 is 5.36. The average molecular weight is 366 g/mol. The third-order valence-electron chi connectivity index (χ3n) is 4.75. The van der Waals surface area contributed by atoms with Crippen molar-refractivity contribution in [3.63, 3.8) is 0 Å². The first-order chi connectivity index (χ1) is 13.0. The van der Waals surface area contributed by atoms with Crippen molar-refractivity contribution in [1.82, 2.24) is 10.2 Å². The van der Waals surface area contributed by atoms with E-state index in [1.54, 1.807) is 19.1 Å². The maximum absolute atomic E-state index is 12.6. The Kier molecular flexibility index (Phi) is 5.79. The van der Waals surface area contributed by atoms with Crippen LogP contribution in [-0.4, -0.2) is 36.9 Å². The van der Waals surface area contributed by atoms with Gasteiger partial charge in [0, 0.05) is 30.8 Å². The van der Waals surface area contributed by atoms with E-state index in [0.29, 0.717) is 24.6 Å². The van der Waals surface area contributed by atoms with Gasteiger partial charge >= 0.3 is 0 Å². The highest BCUT2D eigenvalue weighted by Gasteiger charge is 2.23. The standard InChI is InChI=1S/C22H26N2O3/c1-15-4-11-20(27-3)18(12-15)13-21(25)24(2)14-16-5-7-17(8-6-16)22(26)23-19-9-10-19/h4-8,11-12,19H,9-10,13-14H2,1-3H3,(H,23,26). The summed E-state index contributed by atoms with van der Waals surface area (Å²) >= 11 is 0. The van der Waals surface area contributed by atoms with E-state index in [-0.39, 0.29) is 11.8 Å². The van der Waals surface area contributed by atoms with Gasteiger partial charge in [0.1, 0.15) is 5.75 Å². The predicted octanol–water partition coefficient (Wildman–Crippen LogP) is 3.10. The molecule has 1 aliphatic carbocycles. The number of nitrogens with one attached hydrogen (secondary N) is 1. The van der Waals surface area contributed by atoms with Gasteiger partial charge in [-0.25, -0.2) is 0 Å². The molecule has 1 fully saturated rings. The van der Waals surface area contributed by atoms with E-state index in [0.717, 1.165) is 35.3 Å². The van der Waals surface area contributed by atoms with Crippen LogP contribution in [0.3, 0.4) is 0 Å². The number of methoxy groups -OCH3 is 1. The van der Waals surface area contributed by atoms with Crippen molar-refractivity contribution in [2.75, 3.05) is 14.2 Å². The summed E-state index contributed by atoms with van der Waals surface area (Å²) in [6.07, 6.45) is 2.44. The zero-order valence-corrected chi connectivity index (χ0v) is 16.1. The second-order valence-corrected chi connectivity index (χ2v) is 7.19. The lowest BCUT2D eigenvalue weighted by Crippen LogP contribution is -2.28. The number of likely N-dealkylation sites (N-methyl/N-ethyl adjacent to an activating group) is 1. The Morgan fingerprint density at radius 3 is 2.48 bits per heavy atom. The maximum Gasteiger partial charge on any atom is 0.251 e. The Labute approximate surface area is 160 Å². The molecule has 3 rings (SSSR count). The van der Waals surface area contributed by atoms with Crippen molar-refractivity contribution < 1.29 is 14.3 Å². The Bertz CT molecular complexity index is 826. The molecule has 1 aliphatic rings. The molecule has 0 saturated heterocycles. The van der Waals surface area contributed by atoms with Crippen LogP contribution >= 0.6 is 0 Å². The Hall–Kier alpha value is -2.82. The monoisotopic (exact) mass is 366 g/mol. The summed E-state index contributed by atoms with van der Waals surface area (Å²) in [6, 6.07) is 13.6. The van der Waals surface area contributed by atoms with Crippen LogP contribution in [0.1, 0.15) is 39.9 Å². The number of benzene rings is 2. The van der Waals surface area contributed by atoms with Crippen molar-refractivity contribution >= 4 is 11.8 Å². The van der Waals surface area contributed by atoms with Crippen LogP contribution in [0.4, 0.5) is 0 Å². The molecule has 0 heterocycles. The number of aryl methyl sites for hydroxylation is 1. The molecule has 1 saturated carbocycles. The summed E-state index contributed by atoms with van der Waals surface area (Å²) in [4.78, 5) is 26.3. The van der Waals surface area contributed by atoms with E-state index >= 15 is 0 Å². The lowest BCUT2D eigenvalue weighted by Gasteiger charge is -2.18. The van der Waals surface area contributed by atoms with E-state index in [2.05, 4.69) is 5.32 Å². The van der Waals surface area contributed by atoms with Gasteiger partial charge in [-0.15, -0.1) is 0 Å². The van der Waals surface area contributed by atoms with Crippen molar-refractivity contribution in [2.45, 2.75) is 38.8 Å². The lowest BCUT2D eigenvalue weighted by atomic mass is 10.1. The molecule has 0 bridgehead atoms. The second-order valence-electron chi connectivity index (χ2n) is 7.19. The summed E-state index contributed by atoms with van der Waals surface area (Å²) in [5.74, 6) is 0.725. The van der Waals surface area contributed by atoms with E-state index in [4.69, 9.17) is 4.74 Å². The quantitative estimate of drug-likeness (QED) is 0.819. The van der Waals surface area contributed by atoms with E-state index in [9.17, 15) is 9.59 Å². The third kappa shape index (κ3) is 5.09. The molecule has 2 aromatic rings. The maximum atomic E-state index is 12.6. The average Bonchev–Trinajstić information content (AvgIpc) is 3.46. The molecule has 1 N–H and O–H groups in total. The predicted molar refractivity (Wildman–Crippen MR) is 105 cm³/mol. The summed E-state index contributed by atoms with van der Waals surface area (Å²) in [5.41, 5.74) is 3.64. The zero-order valence-electron chi connectivity index (χ0n) is 16.1. The molecular weight excluding hydrogens is 340 g/mol. The molecule has 0 spiro atoms. The summed E-state index contributed by atoms with van der Waals surface area (Å²) in [6.45, 7) is 2.50. The highest BCUT2D eigenvalue weighted by atomic mass is 16.5. The van der Waals surface area contributed by atoms with Crippen LogP contribution in [0.25, 0.3) is 0 Å². The second kappa shape index (κ2) is 8.25. The number of ether oxygens (including phenoxy) is 1. The van der Waals surface area contributed by atoms with E-state index in [1.807, 2.05) is 49.4 Å². The number of rotatable bonds is 7. The van der Waals surface area contributed by atoms with Gasteiger partial charge in [0.15, 0.2) is 0 Å². The van der Waals surface area contributed by atoms with E-state index in [1.165, 1.54) is 0 Å². The van der Waals surface area contributed by atoms with Gasteiger partial charge in [-0.2, -0.15) is 0 Å². The number of hydrogen-bond acceptors (Lipinski definition) is 3. The number of hydrogen-bond donors (Lipinski definition) is 1. The van der Waals surface area contributed by atoms with Gasteiger partial charge in [0.2, 0.25) is 5.91 Å². The summed E-state index contributed by atoms with van der Waals surface area (Å²) in [7, 11) is 3.40. The first-order valence-electron chi connectivity index (χ1n) is 9.23. The van der Waals surface area contributed by atoms with Gasteiger partial charge in [-0.05, 0) is 43.5 Å². The smallest absolute Gasteiger partial charge is 0.251 e. The first kappa shape index (κ1) is 19.0. The molecule has 27 heavy (non-hydrogen) atoms. The molecule has 0 atom stereocenters. The number of carbonyl (C=O) groups excluding carboxylic acids is 2. The molecule has 0 radical (unpaired) electrons. The highest BCUT2D eigenvalue weighted by Crippen LogP contribution is 2.21. The minimum absolute atomic E-state index is 0.0226. The fraction of sp³-hybridized carbons (Fsp3) is 0.364. The van der Waals surface area contributed by atoms with Gasteiger partial charge in [-0.1, -0.05) is 29.8 Å². The Morgan fingerprint density at radius 2 is 1.85 bits per heavy atom. The minimum Gasteiger partial charge on any atom is -0.496 e. The van der Waals surface area contributed by atoms with Crippen LogP contribution in [0.5, 0.6) is 5.75 Å². The lowest BCUT2D eigenvalue weighted by molar-refractivity contribution is -0.129. The van der Waals surface area contributed by atoms with Crippen molar-refractivity contribution in [3.05, 3.63) is 64.7 Å². The van der Waals surface area contributed by atoms with Crippen LogP contribution in [0, 0.1) is 6.92 Å². The van der Waals surface area contributed by atoms with Crippen LogP contribution in [0.15, 0.2) is 42.5 Å². The van der Waals surface area contributed by atoms with Gasteiger partial charge in [0.05, 0.1) is 13.5 Å². The molecule has 0 unspecified atom stereocenters. The van der Waals surface area contributed by atoms with Gasteiger partial charge < -0.3 is 15.0 Å². The normalized spacial score (nSPS) is 13.1. The third-order valence-corrected chi connectivity index (χ3v) is 4.75. The van der Waals surface area contributed by atoms with Crippen LogP contribution in [-0.2, 0) is 17.8 Å². The Balaban J connectivity index is 1.59. The van der Waals surface area contributed by atoms with Crippen LogP contribution in [0.2, 0.25) is 0 Å². The fourth-order valence-corrected chi connectivity index (χ4v) is 2.96. The van der Waals surface area contributed by atoms with Gasteiger partial charge in [0.25, 0.3) is 5.91 Å². The molecule has 5 nitrogen and oxygen atoms in total. The largest absolute Gasteiger partial charge is 0.496 e. The topological polar surface area (TPSA) is 58.6 Å². The minimum atomic E-state index is -0.0278. The van der Waals surface area contributed by atoms with Gasteiger partial charge in [-0.3, -0.25) is 9.59 Å². The molecule has 0 aromatic heterocycles. The number of carbonyl (C=O) groups is 2. The van der Waals surface area contributed by atoms with Crippen molar-refractivity contribution in [3.8, 4) is 5.75 Å². The molecule has 0 aliphatic heterocycles. The Morgan fingerprint density at radius 1 is 1.15 bits per heavy atom. The zero-order chi connectivity index (χ0) is 19.4. The highest BCUT2D eigenvalue weighted by molar-refractivity contribution is 5.94. The first-order valence-corrected chi connectivity index (χ1v) is 9.23. The van der Waals surface area contributed by atoms with Crippen molar-refractivity contribution in [1.29, 1.82) is 0 Å². The SMILES string of the molecule is COc1ccc(C)cc1CC(=O)N(C)Cc1ccc(C(=O)NC2CC2)cc1. The molecule has 5 heteroatoms. The molecule has 2 aromatic carbocycles. The molecule has 142 valence electrons. The van der Waals surface area contributed by atoms with Crippen LogP contribution < -0.4 is 10.1 Å².